The van der Waals surface area contributed by atoms with Crippen LogP contribution in [-0.2, 0) is 9.53 Å². The summed E-state index contributed by atoms with van der Waals surface area (Å²) in [4.78, 5) is 11.1. The Hall–Kier alpha value is -1.81. The number of phenols is 1. The standard InChI is InChI=1S/C11H12O4/c1-7(2)10(13)15-11(14)8-5-3-4-6-9(8)12/h3-6,11-12,14H,1H2,2H3. The number of hydrogen-bond acceptors (Lipinski definition) is 4. The van der Waals surface area contributed by atoms with E-state index in [1.807, 2.05) is 0 Å². The highest BCUT2D eigenvalue weighted by atomic mass is 16.6. The Bertz CT molecular complexity index is 384. The van der Waals surface area contributed by atoms with Gasteiger partial charge in [0.15, 0.2) is 0 Å². The van der Waals surface area contributed by atoms with Crippen LogP contribution < -0.4 is 0 Å². The minimum Gasteiger partial charge on any atom is -0.507 e. The lowest BCUT2D eigenvalue weighted by molar-refractivity contribution is -0.164. The number of para-hydroxylation sites is 1. The van der Waals surface area contributed by atoms with Crippen molar-refractivity contribution < 1.29 is 19.7 Å². The second-order valence-corrected chi connectivity index (χ2v) is 3.10. The molecule has 1 rings (SSSR count). The molecule has 4 heteroatoms. The molecule has 0 fully saturated rings. The molecule has 15 heavy (non-hydrogen) atoms. The molecule has 4 nitrogen and oxygen atoms in total. The lowest BCUT2D eigenvalue weighted by Gasteiger charge is -2.13. The van der Waals surface area contributed by atoms with Gasteiger partial charge < -0.3 is 14.9 Å². The van der Waals surface area contributed by atoms with Gasteiger partial charge >= 0.3 is 5.97 Å². The van der Waals surface area contributed by atoms with Crippen molar-refractivity contribution in [3.8, 4) is 5.75 Å². The fourth-order valence-corrected chi connectivity index (χ4v) is 0.962. The molecule has 2 N–H and O–H groups in total. The highest BCUT2D eigenvalue weighted by Crippen LogP contribution is 2.24. The summed E-state index contributed by atoms with van der Waals surface area (Å²) in [5, 5.41) is 18.8. The maximum Gasteiger partial charge on any atom is 0.335 e. The van der Waals surface area contributed by atoms with E-state index in [4.69, 9.17) is 0 Å². The van der Waals surface area contributed by atoms with Crippen molar-refractivity contribution in [3.05, 3.63) is 42.0 Å². The molecule has 80 valence electrons. The van der Waals surface area contributed by atoms with Crippen LogP contribution in [0.2, 0.25) is 0 Å². The van der Waals surface area contributed by atoms with E-state index in [1.165, 1.54) is 19.1 Å². The Kier molecular flexibility index (Phi) is 3.46. The number of aliphatic hydroxyl groups excluding tert-OH is 1. The third kappa shape index (κ3) is 2.82. The van der Waals surface area contributed by atoms with E-state index < -0.39 is 12.3 Å². The van der Waals surface area contributed by atoms with Gasteiger partial charge in [-0.1, -0.05) is 18.7 Å². The molecule has 0 saturated carbocycles. The van der Waals surface area contributed by atoms with E-state index in [-0.39, 0.29) is 16.9 Å². The molecule has 0 amide bonds. The number of esters is 1. The van der Waals surface area contributed by atoms with Crippen molar-refractivity contribution in [1.29, 1.82) is 0 Å². The fraction of sp³-hybridized carbons (Fsp3) is 0.182. The molecule has 0 aliphatic rings. The number of benzene rings is 1. The first kappa shape index (κ1) is 11.3. The van der Waals surface area contributed by atoms with Gasteiger partial charge in [-0.2, -0.15) is 0 Å². The van der Waals surface area contributed by atoms with Crippen LogP contribution in [-0.4, -0.2) is 16.2 Å². The Morgan fingerprint density at radius 2 is 2.07 bits per heavy atom. The van der Waals surface area contributed by atoms with Crippen LogP contribution >= 0.6 is 0 Å². The van der Waals surface area contributed by atoms with E-state index in [1.54, 1.807) is 12.1 Å². The average Bonchev–Trinajstić information content (AvgIpc) is 2.18. The second-order valence-electron chi connectivity index (χ2n) is 3.10. The van der Waals surface area contributed by atoms with Gasteiger partial charge in [-0.3, -0.25) is 0 Å². The largest absolute Gasteiger partial charge is 0.507 e. The second kappa shape index (κ2) is 4.61. The fourth-order valence-electron chi connectivity index (χ4n) is 0.962. The van der Waals surface area contributed by atoms with E-state index >= 15 is 0 Å². The lowest BCUT2D eigenvalue weighted by atomic mass is 10.2. The van der Waals surface area contributed by atoms with Crippen molar-refractivity contribution in [1.82, 2.24) is 0 Å². The first-order chi connectivity index (χ1) is 7.02. The Morgan fingerprint density at radius 1 is 1.47 bits per heavy atom. The molecule has 1 atom stereocenters. The van der Waals surface area contributed by atoms with Gasteiger partial charge in [0, 0.05) is 5.57 Å². The highest BCUT2D eigenvalue weighted by Gasteiger charge is 2.16. The smallest absolute Gasteiger partial charge is 0.335 e. The molecule has 0 radical (unpaired) electrons. The quantitative estimate of drug-likeness (QED) is 0.449. The van der Waals surface area contributed by atoms with E-state index in [2.05, 4.69) is 11.3 Å². The summed E-state index contributed by atoms with van der Waals surface area (Å²) >= 11 is 0. The molecule has 0 saturated heterocycles. The summed E-state index contributed by atoms with van der Waals surface area (Å²) in [5.41, 5.74) is 0.330. The third-order valence-corrected chi connectivity index (χ3v) is 1.77. The molecule has 0 aliphatic heterocycles. The third-order valence-electron chi connectivity index (χ3n) is 1.77. The van der Waals surface area contributed by atoms with Crippen LogP contribution in [0.4, 0.5) is 0 Å². The van der Waals surface area contributed by atoms with Crippen LogP contribution in [0.1, 0.15) is 18.8 Å². The van der Waals surface area contributed by atoms with E-state index in [0.717, 1.165) is 0 Å². The highest BCUT2D eigenvalue weighted by molar-refractivity contribution is 5.87. The number of ether oxygens (including phenoxy) is 1. The zero-order valence-electron chi connectivity index (χ0n) is 8.30. The first-order valence-electron chi connectivity index (χ1n) is 4.35. The van der Waals surface area contributed by atoms with Gasteiger partial charge in [-0.25, -0.2) is 4.79 Å². The zero-order valence-corrected chi connectivity index (χ0v) is 8.30. The van der Waals surface area contributed by atoms with Crippen LogP contribution in [0.25, 0.3) is 0 Å². The number of carbonyl (C=O) groups excluding carboxylic acids is 1. The summed E-state index contributed by atoms with van der Waals surface area (Å²) in [6, 6.07) is 6.08. The van der Waals surface area contributed by atoms with Gasteiger partial charge in [-0.05, 0) is 19.1 Å². The normalized spacial score (nSPS) is 11.9. The van der Waals surface area contributed by atoms with Gasteiger partial charge in [-0.15, -0.1) is 0 Å². The Balaban J connectivity index is 2.78. The van der Waals surface area contributed by atoms with Crippen molar-refractivity contribution in [3.63, 3.8) is 0 Å². The topological polar surface area (TPSA) is 66.8 Å². The number of aromatic hydroxyl groups is 1. The van der Waals surface area contributed by atoms with Gasteiger partial charge in [0.25, 0.3) is 0 Å². The Labute approximate surface area is 87.4 Å². The molecule has 0 aromatic heterocycles. The molecular formula is C11H12O4. The first-order valence-corrected chi connectivity index (χ1v) is 4.35. The molecule has 0 heterocycles. The summed E-state index contributed by atoms with van der Waals surface area (Å²) in [6.07, 6.45) is -1.48. The lowest BCUT2D eigenvalue weighted by Crippen LogP contribution is -2.11. The van der Waals surface area contributed by atoms with Crippen molar-refractivity contribution in [2.45, 2.75) is 13.2 Å². The predicted molar refractivity (Wildman–Crippen MR) is 54.0 cm³/mol. The average molecular weight is 208 g/mol. The maximum absolute atomic E-state index is 11.1. The zero-order chi connectivity index (χ0) is 11.4. The summed E-state index contributed by atoms with van der Waals surface area (Å²) in [7, 11) is 0. The van der Waals surface area contributed by atoms with Gasteiger partial charge in [0.2, 0.25) is 6.29 Å². The number of aliphatic hydroxyl groups is 1. The number of carbonyl (C=O) groups is 1. The van der Waals surface area contributed by atoms with Crippen LogP contribution in [0.3, 0.4) is 0 Å². The minimum absolute atomic E-state index is 0.125. The van der Waals surface area contributed by atoms with Crippen molar-refractivity contribution in [2.75, 3.05) is 0 Å². The van der Waals surface area contributed by atoms with Gasteiger partial charge in [0.1, 0.15) is 5.75 Å². The van der Waals surface area contributed by atoms with Crippen molar-refractivity contribution >= 4 is 5.97 Å². The van der Waals surface area contributed by atoms with Gasteiger partial charge in [0.05, 0.1) is 5.56 Å². The summed E-state index contributed by atoms with van der Waals surface area (Å²) in [5.74, 6) is -0.828. The molecule has 1 aromatic carbocycles. The minimum atomic E-state index is -1.48. The monoisotopic (exact) mass is 208 g/mol. The van der Waals surface area contributed by atoms with Crippen LogP contribution in [0.5, 0.6) is 5.75 Å². The summed E-state index contributed by atoms with van der Waals surface area (Å²) in [6.45, 7) is 4.85. The molecular weight excluding hydrogens is 196 g/mol. The number of hydrogen-bond donors (Lipinski definition) is 2. The van der Waals surface area contributed by atoms with Crippen LogP contribution in [0, 0.1) is 0 Å². The van der Waals surface area contributed by atoms with Crippen molar-refractivity contribution in [2.24, 2.45) is 0 Å². The molecule has 1 aromatic rings. The van der Waals surface area contributed by atoms with E-state index in [9.17, 15) is 15.0 Å². The molecule has 0 bridgehead atoms. The molecule has 0 aliphatic carbocycles. The van der Waals surface area contributed by atoms with E-state index in [0.29, 0.717) is 0 Å². The SMILES string of the molecule is C=C(C)C(=O)OC(O)c1ccccc1O. The summed E-state index contributed by atoms with van der Waals surface area (Å²) < 4.78 is 4.64. The maximum atomic E-state index is 11.1. The Morgan fingerprint density at radius 3 is 2.60 bits per heavy atom. The molecule has 0 spiro atoms. The van der Waals surface area contributed by atoms with Crippen LogP contribution in [0.15, 0.2) is 36.4 Å². The molecule has 1 unspecified atom stereocenters. The number of phenolic OH excluding ortho intramolecular Hbond substituents is 1. The number of rotatable bonds is 3. The predicted octanol–water partition coefficient (Wildman–Crippen LogP) is 1.50.